The molecule has 5 aromatic rings. The molecule has 0 bridgehead atoms. The highest BCUT2D eigenvalue weighted by Gasteiger charge is 2.39. The first-order valence-electron chi connectivity index (χ1n) is 20.5. The molecule has 3 amide bonds. The number of nitrogens with zero attached hydrogens (tertiary/aromatic N) is 1. The van der Waals surface area contributed by atoms with Crippen LogP contribution < -0.4 is 20.1 Å². The number of amides is 3. The lowest BCUT2D eigenvalue weighted by Gasteiger charge is -2.29. The third-order valence-corrected chi connectivity index (χ3v) is 11.0. The Morgan fingerprint density at radius 3 is 2.17 bits per heavy atom. The van der Waals surface area contributed by atoms with Crippen LogP contribution in [-0.2, 0) is 38.6 Å². The van der Waals surface area contributed by atoms with Gasteiger partial charge in [0.1, 0.15) is 30.8 Å². The van der Waals surface area contributed by atoms with Crippen LogP contribution in [0.15, 0.2) is 121 Å². The molecular weight excluding hydrogens is 743 g/mol. The minimum absolute atomic E-state index is 0.171. The number of hydrogen-bond acceptors (Lipinski definition) is 8. The summed E-state index contributed by atoms with van der Waals surface area (Å²) in [6.45, 7) is 4.06. The van der Waals surface area contributed by atoms with Crippen molar-refractivity contribution < 1.29 is 33.3 Å². The van der Waals surface area contributed by atoms with Gasteiger partial charge in [-0.3, -0.25) is 19.7 Å². The molecule has 302 valence electrons. The van der Waals surface area contributed by atoms with Gasteiger partial charge < -0.3 is 29.2 Å². The molecule has 0 saturated carbocycles. The Kier molecular flexibility index (Phi) is 12.8. The van der Waals surface area contributed by atoms with Crippen molar-refractivity contribution in [3.63, 3.8) is 0 Å². The fourth-order valence-electron chi connectivity index (χ4n) is 8.01. The number of carbonyl (C=O) groups is 3. The first kappa shape index (κ1) is 39.6. The number of carbonyl (C=O) groups excluding carboxylic acids is 3. The maximum Gasteiger partial charge on any atom is 0.255 e. The Balaban J connectivity index is 0.751. The number of hydrogen-bond donors (Lipinski definition) is 2. The lowest BCUT2D eigenvalue weighted by atomic mass is 9.79. The van der Waals surface area contributed by atoms with Gasteiger partial charge in [-0.2, -0.15) is 0 Å². The van der Waals surface area contributed by atoms with E-state index in [0.29, 0.717) is 64.7 Å². The molecule has 2 N–H and O–H groups in total. The molecule has 1 aliphatic carbocycles. The second-order valence-corrected chi connectivity index (χ2v) is 15.0. The Hall–Kier alpha value is -6.23. The van der Waals surface area contributed by atoms with Gasteiger partial charge in [0.2, 0.25) is 11.8 Å². The molecule has 2 heterocycles. The van der Waals surface area contributed by atoms with E-state index in [4.69, 9.17) is 18.9 Å². The van der Waals surface area contributed by atoms with Crippen molar-refractivity contribution in [1.29, 1.82) is 0 Å². The van der Waals surface area contributed by atoms with Gasteiger partial charge in [-0.15, -0.1) is 0 Å². The summed E-state index contributed by atoms with van der Waals surface area (Å²) in [6, 6.07) is 40.8. The summed E-state index contributed by atoms with van der Waals surface area (Å²) in [5, 5.41) is 5.73. The summed E-state index contributed by atoms with van der Waals surface area (Å²) in [5.41, 5.74) is 11.1. The number of fused-ring (bicyclic) bond motifs is 2. The van der Waals surface area contributed by atoms with Crippen LogP contribution in [0.2, 0.25) is 0 Å². The minimum Gasteiger partial charge on any atom is -0.491 e. The molecule has 0 aromatic heterocycles. The first-order chi connectivity index (χ1) is 29.0. The quantitative estimate of drug-likeness (QED) is 0.0682. The molecule has 10 nitrogen and oxygen atoms in total. The number of rotatable bonds is 18. The largest absolute Gasteiger partial charge is 0.491 e. The van der Waals surface area contributed by atoms with Crippen LogP contribution >= 0.6 is 0 Å². The van der Waals surface area contributed by atoms with Crippen LogP contribution in [0.5, 0.6) is 11.5 Å². The fraction of sp³-hybridized carbons (Fsp3) is 0.286. The van der Waals surface area contributed by atoms with Crippen molar-refractivity contribution in [2.75, 3.05) is 44.9 Å². The number of benzene rings is 5. The number of piperidine rings is 1. The van der Waals surface area contributed by atoms with E-state index < -0.39 is 11.9 Å². The highest BCUT2D eigenvalue weighted by molar-refractivity contribution is 6.05. The van der Waals surface area contributed by atoms with E-state index in [-0.39, 0.29) is 18.2 Å². The molecule has 10 heteroatoms. The number of allylic oxidation sites excluding steroid dienone is 1. The van der Waals surface area contributed by atoms with Crippen molar-refractivity contribution >= 4 is 34.6 Å². The number of ether oxygens (including phenoxy) is 4. The summed E-state index contributed by atoms with van der Waals surface area (Å²) in [7, 11) is 0. The van der Waals surface area contributed by atoms with Crippen LogP contribution in [-0.4, -0.2) is 68.2 Å². The van der Waals surface area contributed by atoms with Gasteiger partial charge in [0.15, 0.2) is 0 Å². The molecule has 59 heavy (non-hydrogen) atoms. The maximum absolute atomic E-state index is 12.9. The summed E-state index contributed by atoms with van der Waals surface area (Å²) >= 11 is 0. The van der Waals surface area contributed by atoms with Crippen LogP contribution in [0, 0.1) is 0 Å². The molecule has 0 spiro atoms. The molecule has 5 aromatic carbocycles. The number of anilines is 1. The standard InChI is InChI=1S/C49H49N3O7/c53-46-23-22-45(48(54)51-46)52-32-38-30-39(15-20-44(38)49(52)55)50-24-7-25-56-26-27-57-28-29-58-40-16-12-36(13-17-40)47-42(35-10-5-2-6-11-35)19-14-37-31-41(18-21-43(37)47)59-33-34-8-3-1-4-9-34/h1-6,8-13,15-18,20-21,30-31,45,50H,7,14,19,22-29,32-33H2,(H,51,53,54)/t45-/m0/s1. The van der Waals surface area contributed by atoms with E-state index in [1.54, 1.807) is 11.0 Å². The average Bonchev–Trinajstić information content (AvgIpc) is 3.59. The Morgan fingerprint density at radius 2 is 1.37 bits per heavy atom. The maximum atomic E-state index is 12.9. The second-order valence-electron chi connectivity index (χ2n) is 15.0. The molecule has 3 aliphatic rings. The van der Waals surface area contributed by atoms with Crippen LogP contribution in [0.25, 0.3) is 11.1 Å². The second kappa shape index (κ2) is 19.0. The average molecular weight is 792 g/mol. The smallest absolute Gasteiger partial charge is 0.255 e. The Labute approximate surface area is 345 Å². The van der Waals surface area contributed by atoms with Crippen LogP contribution in [0.1, 0.15) is 69.4 Å². The molecular formula is C49H49N3O7. The molecule has 1 fully saturated rings. The topological polar surface area (TPSA) is 115 Å². The van der Waals surface area contributed by atoms with E-state index >= 15 is 0 Å². The third-order valence-electron chi connectivity index (χ3n) is 11.0. The van der Waals surface area contributed by atoms with Gasteiger partial charge in [0.05, 0.1) is 19.8 Å². The molecule has 0 radical (unpaired) electrons. The van der Waals surface area contributed by atoms with Crippen molar-refractivity contribution in [2.45, 2.75) is 51.3 Å². The molecule has 2 aliphatic heterocycles. The zero-order valence-electron chi connectivity index (χ0n) is 33.1. The fourth-order valence-corrected chi connectivity index (χ4v) is 8.01. The van der Waals surface area contributed by atoms with Crippen molar-refractivity contribution in [3.8, 4) is 11.5 Å². The summed E-state index contributed by atoms with van der Waals surface area (Å²) in [6.07, 6.45) is 3.29. The third kappa shape index (κ3) is 9.74. The summed E-state index contributed by atoms with van der Waals surface area (Å²) in [5.74, 6) is 0.818. The number of nitrogens with one attached hydrogen (secondary N) is 2. The van der Waals surface area contributed by atoms with Gasteiger partial charge in [0.25, 0.3) is 5.91 Å². The van der Waals surface area contributed by atoms with Crippen LogP contribution in [0.3, 0.4) is 0 Å². The van der Waals surface area contributed by atoms with E-state index in [1.807, 2.05) is 42.5 Å². The van der Waals surface area contributed by atoms with Crippen LogP contribution in [0.4, 0.5) is 5.69 Å². The summed E-state index contributed by atoms with van der Waals surface area (Å²) < 4.78 is 23.7. The van der Waals surface area contributed by atoms with Crippen molar-refractivity contribution in [2.24, 2.45) is 0 Å². The zero-order valence-corrected chi connectivity index (χ0v) is 33.1. The molecule has 1 saturated heterocycles. The Morgan fingerprint density at radius 1 is 0.644 bits per heavy atom. The van der Waals surface area contributed by atoms with E-state index in [1.165, 1.54) is 27.8 Å². The lowest BCUT2D eigenvalue weighted by Crippen LogP contribution is -2.52. The van der Waals surface area contributed by atoms with Gasteiger partial charge in [-0.05, 0) is 113 Å². The SMILES string of the molecule is O=C1CC[C@H](N2Cc3cc(NCCCOCCOCCOc4ccc(C5=C(c6ccccc6)CCc6cc(OCc7ccccc7)ccc65)cc4)ccc3C2=O)C(=O)N1. The number of imide groups is 1. The van der Waals surface area contributed by atoms with Crippen molar-refractivity contribution in [3.05, 3.63) is 160 Å². The first-order valence-corrected chi connectivity index (χ1v) is 20.5. The van der Waals surface area contributed by atoms with Gasteiger partial charge in [0, 0.05) is 37.4 Å². The lowest BCUT2D eigenvalue weighted by molar-refractivity contribution is -0.136. The normalized spacial score (nSPS) is 16.1. The van der Waals surface area contributed by atoms with E-state index in [9.17, 15) is 14.4 Å². The number of aryl methyl sites for hydroxylation is 1. The zero-order chi connectivity index (χ0) is 40.4. The monoisotopic (exact) mass is 791 g/mol. The van der Waals surface area contributed by atoms with Crippen molar-refractivity contribution in [1.82, 2.24) is 10.2 Å². The highest BCUT2D eigenvalue weighted by atomic mass is 16.5. The summed E-state index contributed by atoms with van der Waals surface area (Å²) in [4.78, 5) is 38.3. The van der Waals surface area contributed by atoms with E-state index in [0.717, 1.165) is 53.1 Å². The predicted molar refractivity (Wildman–Crippen MR) is 227 cm³/mol. The minimum atomic E-state index is -0.615. The van der Waals surface area contributed by atoms with Gasteiger partial charge in [-0.1, -0.05) is 78.9 Å². The molecule has 1 atom stereocenters. The van der Waals surface area contributed by atoms with Gasteiger partial charge in [-0.25, -0.2) is 0 Å². The van der Waals surface area contributed by atoms with E-state index in [2.05, 4.69) is 83.4 Å². The predicted octanol–water partition coefficient (Wildman–Crippen LogP) is 7.85. The highest BCUT2D eigenvalue weighted by Crippen LogP contribution is 2.42. The molecule has 8 rings (SSSR count). The van der Waals surface area contributed by atoms with Gasteiger partial charge >= 0.3 is 0 Å². The molecule has 0 unspecified atom stereocenters. The Bertz CT molecular complexity index is 2290.